The first-order chi connectivity index (χ1) is 14.5. The molecule has 4 aromatic rings. The number of rotatable bonds is 6. The van der Waals surface area contributed by atoms with Crippen LogP contribution in [-0.2, 0) is 11.3 Å². The molecular formula is C19H17N9O2. The van der Waals surface area contributed by atoms with Gasteiger partial charge in [0.2, 0.25) is 11.7 Å². The van der Waals surface area contributed by atoms with Crippen molar-refractivity contribution >= 4 is 17.6 Å². The topological polar surface area (TPSA) is 146 Å². The molecule has 0 aliphatic rings. The number of nitrogens with zero attached hydrogens (tertiary/aromatic N) is 7. The largest absolute Gasteiger partial charge is 0.364 e. The summed E-state index contributed by atoms with van der Waals surface area (Å²) in [4.78, 5) is 26.5. The Morgan fingerprint density at radius 1 is 1.00 bits per heavy atom. The molecule has 0 unspecified atom stereocenters. The van der Waals surface area contributed by atoms with Crippen LogP contribution in [0.4, 0.5) is 5.82 Å². The summed E-state index contributed by atoms with van der Waals surface area (Å²) < 4.78 is 0. The molecule has 0 bridgehead atoms. The summed E-state index contributed by atoms with van der Waals surface area (Å²) in [6.45, 7) is 1.75. The van der Waals surface area contributed by atoms with E-state index in [2.05, 4.69) is 30.9 Å². The van der Waals surface area contributed by atoms with E-state index in [0.29, 0.717) is 11.5 Å². The quantitative estimate of drug-likeness (QED) is 0.487. The molecule has 0 radical (unpaired) electrons. The van der Waals surface area contributed by atoms with Crippen molar-refractivity contribution < 1.29 is 9.59 Å². The smallest absolute Gasteiger partial charge is 0.273 e. The van der Waals surface area contributed by atoms with Gasteiger partial charge in [0.25, 0.3) is 5.91 Å². The Bertz CT molecular complexity index is 1200. The molecule has 0 saturated heterocycles. The number of anilines is 1. The first-order valence-corrected chi connectivity index (χ1v) is 8.97. The second kappa shape index (κ2) is 7.91. The van der Waals surface area contributed by atoms with Gasteiger partial charge in [0.05, 0.1) is 5.69 Å². The molecule has 0 saturated carbocycles. The lowest BCUT2D eigenvalue weighted by Gasteiger charge is -2.01. The molecule has 2 aromatic carbocycles. The molecule has 4 rings (SSSR count). The SMILES string of the molecule is Cc1ccc(-c2nnn(CC(=O)Nc3nn(-c4ccccc4)nc3C(N)=O)n2)cc1. The Morgan fingerprint density at radius 3 is 2.43 bits per heavy atom. The number of nitrogens with one attached hydrogen (secondary N) is 1. The summed E-state index contributed by atoms with van der Waals surface area (Å²) in [5, 5.41) is 22.8. The van der Waals surface area contributed by atoms with Crippen LogP contribution in [-0.4, -0.2) is 47.0 Å². The molecule has 0 aliphatic heterocycles. The van der Waals surface area contributed by atoms with E-state index in [1.54, 1.807) is 24.3 Å². The van der Waals surface area contributed by atoms with E-state index in [1.807, 2.05) is 37.3 Å². The summed E-state index contributed by atoms with van der Waals surface area (Å²) in [6.07, 6.45) is 0. The highest BCUT2D eigenvalue weighted by molar-refractivity contribution is 6.00. The highest BCUT2D eigenvalue weighted by Crippen LogP contribution is 2.15. The summed E-state index contributed by atoms with van der Waals surface area (Å²) in [6, 6.07) is 16.5. The van der Waals surface area contributed by atoms with Crippen LogP contribution in [0.25, 0.3) is 17.1 Å². The van der Waals surface area contributed by atoms with Gasteiger partial charge in [0.1, 0.15) is 6.54 Å². The van der Waals surface area contributed by atoms with E-state index in [-0.39, 0.29) is 18.1 Å². The van der Waals surface area contributed by atoms with Gasteiger partial charge in [-0.25, -0.2) is 0 Å². The van der Waals surface area contributed by atoms with Crippen LogP contribution in [0, 0.1) is 6.92 Å². The second-order valence-corrected chi connectivity index (χ2v) is 6.44. The highest BCUT2D eigenvalue weighted by Gasteiger charge is 2.20. The average Bonchev–Trinajstić information content (AvgIpc) is 3.36. The molecule has 3 N–H and O–H groups in total. The van der Waals surface area contributed by atoms with Crippen molar-refractivity contribution in [2.45, 2.75) is 13.5 Å². The number of aromatic nitrogens is 7. The van der Waals surface area contributed by atoms with Gasteiger partial charge in [0, 0.05) is 5.56 Å². The number of carbonyl (C=O) groups excluding carboxylic acids is 2. The van der Waals surface area contributed by atoms with Crippen LogP contribution >= 0.6 is 0 Å². The third kappa shape index (κ3) is 4.04. The molecule has 0 atom stereocenters. The van der Waals surface area contributed by atoms with Crippen LogP contribution < -0.4 is 11.1 Å². The molecule has 0 aliphatic carbocycles. The number of carbonyl (C=O) groups is 2. The van der Waals surface area contributed by atoms with Gasteiger partial charge >= 0.3 is 0 Å². The van der Waals surface area contributed by atoms with Gasteiger partial charge in [-0.1, -0.05) is 48.0 Å². The molecule has 2 aromatic heterocycles. The lowest BCUT2D eigenvalue weighted by molar-refractivity contribution is -0.117. The summed E-state index contributed by atoms with van der Waals surface area (Å²) >= 11 is 0. The number of amides is 2. The fraction of sp³-hybridized carbons (Fsp3) is 0.105. The van der Waals surface area contributed by atoms with Crippen molar-refractivity contribution in [3.8, 4) is 17.1 Å². The van der Waals surface area contributed by atoms with E-state index in [0.717, 1.165) is 15.9 Å². The standard InChI is InChI=1S/C19H17N9O2/c1-12-7-9-13(10-8-12)18-22-26-27(24-18)11-15(29)21-19-16(17(20)30)23-28(25-19)14-5-3-2-4-6-14/h2-10H,11H2,1H3,(H2,20,30)(H,21,25,29). The first-order valence-electron chi connectivity index (χ1n) is 8.97. The van der Waals surface area contributed by atoms with Gasteiger partial charge in [-0.3, -0.25) is 9.59 Å². The van der Waals surface area contributed by atoms with Crippen molar-refractivity contribution in [2.24, 2.45) is 5.73 Å². The third-order valence-corrected chi connectivity index (χ3v) is 4.14. The van der Waals surface area contributed by atoms with E-state index >= 15 is 0 Å². The third-order valence-electron chi connectivity index (χ3n) is 4.14. The average molecular weight is 403 g/mol. The van der Waals surface area contributed by atoms with Gasteiger partial charge in [-0.2, -0.15) is 4.80 Å². The monoisotopic (exact) mass is 403 g/mol. The molecule has 2 amide bonds. The number of benzene rings is 2. The zero-order valence-corrected chi connectivity index (χ0v) is 15.9. The maximum Gasteiger partial charge on any atom is 0.273 e. The van der Waals surface area contributed by atoms with Gasteiger partial charge in [0.15, 0.2) is 11.5 Å². The van der Waals surface area contributed by atoms with Crippen LogP contribution in [0.3, 0.4) is 0 Å². The molecule has 0 spiro atoms. The Morgan fingerprint density at radius 2 is 1.73 bits per heavy atom. The van der Waals surface area contributed by atoms with E-state index in [4.69, 9.17) is 5.73 Å². The minimum atomic E-state index is -0.812. The molecule has 0 fully saturated rings. The fourth-order valence-corrected chi connectivity index (χ4v) is 2.66. The predicted octanol–water partition coefficient (Wildman–Crippen LogP) is 0.967. The number of para-hydroxylation sites is 1. The Hall–Kier alpha value is -4.41. The zero-order chi connectivity index (χ0) is 21.1. The van der Waals surface area contributed by atoms with Crippen molar-refractivity contribution in [3.05, 3.63) is 65.9 Å². The molecule has 30 heavy (non-hydrogen) atoms. The second-order valence-electron chi connectivity index (χ2n) is 6.44. The Kier molecular flexibility index (Phi) is 4.99. The Balaban J connectivity index is 1.50. The molecule has 150 valence electrons. The highest BCUT2D eigenvalue weighted by atomic mass is 16.2. The van der Waals surface area contributed by atoms with Crippen LogP contribution in [0.1, 0.15) is 16.1 Å². The van der Waals surface area contributed by atoms with E-state index in [1.165, 1.54) is 4.80 Å². The van der Waals surface area contributed by atoms with Crippen LogP contribution in [0.5, 0.6) is 0 Å². The van der Waals surface area contributed by atoms with E-state index in [9.17, 15) is 9.59 Å². The lowest BCUT2D eigenvalue weighted by atomic mass is 10.1. The maximum absolute atomic E-state index is 12.4. The number of hydrogen-bond acceptors (Lipinski definition) is 7. The van der Waals surface area contributed by atoms with Gasteiger partial charge < -0.3 is 11.1 Å². The van der Waals surface area contributed by atoms with E-state index < -0.39 is 11.8 Å². The number of primary amides is 1. The molecule has 11 heteroatoms. The van der Waals surface area contributed by atoms with Crippen molar-refractivity contribution in [1.29, 1.82) is 0 Å². The maximum atomic E-state index is 12.4. The first kappa shape index (κ1) is 18.9. The van der Waals surface area contributed by atoms with Crippen LogP contribution in [0.15, 0.2) is 54.6 Å². The zero-order valence-electron chi connectivity index (χ0n) is 15.9. The number of hydrogen-bond donors (Lipinski definition) is 2. The Labute approximate surface area is 170 Å². The number of tetrazole rings is 1. The molecule has 2 heterocycles. The van der Waals surface area contributed by atoms with Gasteiger partial charge in [-0.05, 0) is 24.3 Å². The van der Waals surface area contributed by atoms with Gasteiger partial charge in [-0.15, -0.1) is 25.2 Å². The number of nitrogens with two attached hydrogens (primary N) is 1. The minimum Gasteiger partial charge on any atom is -0.364 e. The normalized spacial score (nSPS) is 10.7. The molecule has 11 nitrogen and oxygen atoms in total. The molecular weight excluding hydrogens is 386 g/mol. The van der Waals surface area contributed by atoms with Crippen molar-refractivity contribution in [2.75, 3.05) is 5.32 Å². The lowest BCUT2D eigenvalue weighted by Crippen LogP contribution is -2.23. The predicted molar refractivity (Wildman–Crippen MR) is 106 cm³/mol. The fourth-order valence-electron chi connectivity index (χ4n) is 2.66. The minimum absolute atomic E-state index is 0.0461. The number of aryl methyl sites for hydroxylation is 1. The summed E-state index contributed by atoms with van der Waals surface area (Å²) in [5.74, 6) is -0.968. The van der Waals surface area contributed by atoms with Crippen LogP contribution in [0.2, 0.25) is 0 Å². The van der Waals surface area contributed by atoms with Crippen molar-refractivity contribution in [1.82, 2.24) is 35.2 Å². The van der Waals surface area contributed by atoms with Crippen molar-refractivity contribution in [3.63, 3.8) is 0 Å². The summed E-state index contributed by atoms with van der Waals surface area (Å²) in [7, 11) is 0. The summed E-state index contributed by atoms with van der Waals surface area (Å²) in [5.41, 5.74) is 7.72.